The average molecular weight is 247 g/mol. The van der Waals surface area contributed by atoms with Crippen LogP contribution in [0.2, 0.25) is 0 Å². The van der Waals surface area contributed by atoms with E-state index in [0.717, 1.165) is 5.41 Å². The molecule has 0 aliphatic heterocycles. The number of hydrogen-bond acceptors (Lipinski definition) is 0. The summed E-state index contributed by atoms with van der Waals surface area (Å²) in [6.45, 7) is 2.28. The van der Waals surface area contributed by atoms with E-state index in [1.165, 1.54) is 63.1 Å². The van der Waals surface area contributed by atoms with Crippen molar-refractivity contribution in [2.45, 2.75) is 64.7 Å². The molecule has 0 N–H and O–H groups in total. The predicted molar refractivity (Wildman–Crippen MR) is 63.5 cm³/mol. The molecule has 0 heterocycles. The van der Waals surface area contributed by atoms with Gasteiger partial charge in [0.2, 0.25) is 0 Å². The lowest BCUT2D eigenvalue weighted by molar-refractivity contribution is 0.149. The molecule has 0 aromatic rings. The van der Waals surface area contributed by atoms with E-state index < -0.39 is 0 Å². The van der Waals surface area contributed by atoms with Gasteiger partial charge in [0.1, 0.15) is 0 Å². The summed E-state index contributed by atoms with van der Waals surface area (Å²) in [5.74, 6) is 0. The van der Waals surface area contributed by atoms with Gasteiger partial charge < -0.3 is 0 Å². The maximum Gasteiger partial charge on any atom is 0.00879 e. The van der Waals surface area contributed by atoms with Crippen LogP contribution in [0.3, 0.4) is 0 Å². The third-order valence-electron chi connectivity index (χ3n) is 3.51. The highest BCUT2D eigenvalue weighted by Crippen LogP contribution is 2.46. The molecule has 0 amide bonds. The summed E-state index contributed by atoms with van der Waals surface area (Å²) >= 11 is 3.67. The van der Waals surface area contributed by atoms with E-state index >= 15 is 0 Å². The maximum atomic E-state index is 3.67. The van der Waals surface area contributed by atoms with Crippen LogP contribution in [0.4, 0.5) is 0 Å². The van der Waals surface area contributed by atoms with Crippen LogP contribution in [-0.2, 0) is 0 Å². The normalized spacial score (nSPS) is 19.8. The molecule has 1 heteroatoms. The van der Waals surface area contributed by atoms with Gasteiger partial charge in [0.25, 0.3) is 0 Å². The summed E-state index contributed by atoms with van der Waals surface area (Å²) in [7, 11) is 0. The second-order valence-corrected chi connectivity index (χ2v) is 5.21. The zero-order valence-electron chi connectivity index (χ0n) is 8.95. The van der Waals surface area contributed by atoms with Crippen molar-refractivity contribution in [3.8, 4) is 0 Å². The molecule has 0 atom stereocenters. The van der Waals surface area contributed by atoms with Crippen LogP contribution in [0, 0.1) is 5.41 Å². The van der Waals surface area contributed by atoms with Crippen molar-refractivity contribution in [1.29, 1.82) is 0 Å². The van der Waals surface area contributed by atoms with Gasteiger partial charge in [-0.1, -0.05) is 61.4 Å². The van der Waals surface area contributed by atoms with Crippen molar-refractivity contribution in [2.75, 3.05) is 5.33 Å². The van der Waals surface area contributed by atoms with Gasteiger partial charge in [0.05, 0.1) is 0 Å². The fourth-order valence-electron chi connectivity index (χ4n) is 2.23. The fourth-order valence-corrected chi connectivity index (χ4v) is 3.07. The Kier molecular flexibility index (Phi) is 5.38. The molecule has 78 valence electrons. The summed E-state index contributed by atoms with van der Waals surface area (Å²) in [6.07, 6.45) is 13.1. The summed E-state index contributed by atoms with van der Waals surface area (Å²) < 4.78 is 0. The molecule has 0 aromatic carbocycles. The SMILES string of the molecule is CCCCCCCC1(CBr)CCC1. The minimum absolute atomic E-state index is 0.728. The van der Waals surface area contributed by atoms with Gasteiger partial charge in [-0.3, -0.25) is 0 Å². The Labute approximate surface area is 91.6 Å². The molecule has 0 spiro atoms. The van der Waals surface area contributed by atoms with Gasteiger partial charge in [-0.2, -0.15) is 0 Å². The molecule has 1 aliphatic rings. The van der Waals surface area contributed by atoms with E-state index in [4.69, 9.17) is 0 Å². The summed E-state index contributed by atoms with van der Waals surface area (Å²) in [5.41, 5.74) is 0.728. The van der Waals surface area contributed by atoms with Crippen molar-refractivity contribution in [1.82, 2.24) is 0 Å². The zero-order valence-corrected chi connectivity index (χ0v) is 10.5. The Hall–Kier alpha value is 0.480. The van der Waals surface area contributed by atoms with Crippen molar-refractivity contribution < 1.29 is 0 Å². The Morgan fingerprint density at radius 1 is 1.08 bits per heavy atom. The fraction of sp³-hybridized carbons (Fsp3) is 1.00. The second-order valence-electron chi connectivity index (χ2n) is 4.65. The van der Waals surface area contributed by atoms with Crippen LogP contribution < -0.4 is 0 Å². The highest BCUT2D eigenvalue weighted by atomic mass is 79.9. The lowest BCUT2D eigenvalue weighted by atomic mass is 9.67. The van der Waals surface area contributed by atoms with Gasteiger partial charge in [0, 0.05) is 5.33 Å². The first-order valence-electron chi connectivity index (χ1n) is 5.89. The van der Waals surface area contributed by atoms with E-state index in [0.29, 0.717) is 0 Å². The zero-order chi connectivity index (χ0) is 9.57. The molecule has 1 saturated carbocycles. The number of rotatable bonds is 7. The third-order valence-corrected chi connectivity index (χ3v) is 4.70. The first kappa shape index (κ1) is 11.6. The molecular weight excluding hydrogens is 224 g/mol. The van der Waals surface area contributed by atoms with E-state index in [2.05, 4.69) is 22.9 Å². The number of hydrogen-bond donors (Lipinski definition) is 0. The second kappa shape index (κ2) is 6.06. The monoisotopic (exact) mass is 246 g/mol. The van der Waals surface area contributed by atoms with Crippen LogP contribution in [0.1, 0.15) is 64.7 Å². The van der Waals surface area contributed by atoms with Crippen molar-refractivity contribution in [3.05, 3.63) is 0 Å². The summed E-state index contributed by atoms with van der Waals surface area (Å²) in [6, 6.07) is 0. The molecule has 0 saturated heterocycles. The minimum atomic E-state index is 0.728. The lowest BCUT2D eigenvalue weighted by Crippen LogP contribution is -2.30. The van der Waals surface area contributed by atoms with Crippen LogP contribution in [0.15, 0.2) is 0 Å². The van der Waals surface area contributed by atoms with Gasteiger partial charge in [-0.25, -0.2) is 0 Å². The predicted octanol–water partition coefficient (Wildman–Crippen LogP) is 4.91. The lowest BCUT2D eigenvalue weighted by Gasteiger charge is -2.40. The van der Waals surface area contributed by atoms with E-state index in [-0.39, 0.29) is 0 Å². The Balaban J connectivity index is 1.98. The standard InChI is InChI=1S/C12H23Br/c1-2-3-4-5-6-8-12(11-13)9-7-10-12/h2-11H2,1H3. The summed E-state index contributed by atoms with van der Waals surface area (Å²) in [5, 5.41) is 1.24. The molecule has 0 bridgehead atoms. The van der Waals surface area contributed by atoms with Gasteiger partial charge >= 0.3 is 0 Å². The van der Waals surface area contributed by atoms with Crippen LogP contribution in [0.5, 0.6) is 0 Å². The largest absolute Gasteiger partial charge is 0.0922 e. The number of alkyl halides is 1. The first-order valence-corrected chi connectivity index (χ1v) is 7.01. The number of halogens is 1. The first-order chi connectivity index (χ1) is 6.33. The van der Waals surface area contributed by atoms with E-state index in [1.54, 1.807) is 0 Å². The van der Waals surface area contributed by atoms with Crippen LogP contribution in [-0.4, -0.2) is 5.33 Å². The molecule has 13 heavy (non-hydrogen) atoms. The van der Waals surface area contributed by atoms with Crippen molar-refractivity contribution in [2.24, 2.45) is 5.41 Å². The maximum absolute atomic E-state index is 3.67. The van der Waals surface area contributed by atoms with E-state index in [1.807, 2.05) is 0 Å². The Bertz CT molecular complexity index is 122. The van der Waals surface area contributed by atoms with Crippen molar-refractivity contribution >= 4 is 15.9 Å². The molecule has 0 unspecified atom stereocenters. The van der Waals surface area contributed by atoms with Gasteiger partial charge in [-0.05, 0) is 24.7 Å². The van der Waals surface area contributed by atoms with Crippen molar-refractivity contribution in [3.63, 3.8) is 0 Å². The topological polar surface area (TPSA) is 0 Å². The molecule has 1 rings (SSSR count). The van der Waals surface area contributed by atoms with Crippen LogP contribution >= 0.6 is 15.9 Å². The molecular formula is C12H23Br. The highest BCUT2D eigenvalue weighted by Gasteiger charge is 2.34. The third kappa shape index (κ3) is 3.61. The number of unbranched alkanes of at least 4 members (excludes halogenated alkanes) is 4. The summed E-state index contributed by atoms with van der Waals surface area (Å²) in [4.78, 5) is 0. The molecule has 0 radical (unpaired) electrons. The molecule has 0 nitrogen and oxygen atoms in total. The van der Waals surface area contributed by atoms with Gasteiger partial charge in [0.15, 0.2) is 0 Å². The highest BCUT2D eigenvalue weighted by molar-refractivity contribution is 9.09. The minimum Gasteiger partial charge on any atom is -0.0922 e. The quantitative estimate of drug-likeness (QED) is 0.443. The Morgan fingerprint density at radius 2 is 1.77 bits per heavy atom. The Morgan fingerprint density at radius 3 is 2.23 bits per heavy atom. The van der Waals surface area contributed by atoms with E-state index in [9.17, 15) is 0 Å². The molecule has 0 aromatic heterocycles. The average Bonchev–Trinajstić information content (AvgIpc) is 2.09. The molecule has 1 aliphatic carbocycles. The van der Waals surface area contributed by atoms with Gasteiger partial charge in [-0.15, -0.1) is 0 Å². The van der Waals surface area contributed by atoms with Crippen LogP contribution in [0.25, 0.3) is 0 Å². The molecule has 1 fully saturated rings. The smallest absolute Gasteiger partial charge is 0.00879 e.